The van der Waals surface area contributed by atoms with E-state index in [0.29, 0.717) is 0 Å². The zero-order chi connectivity index (χ0) is 46.6. The molecule has 0 bridgehead atoms. The van der Waals surface area contributed by atoms with Gasteiger partial charge < -0.3 is 9.32 Å². The van der Waals surface area contributed by atoms with E-state index in [2.05, 4.69) is 267 Å². The van der Waals surface area contributed by atoms with Gasteiger partial charge in [0.1, 0.15) is 11.2 Å². The van der Waals surface area contributed by atoms with E-state index in [-0.39, 0.29) is 5.41 Å². The lowest BCUT2D eigenvalue weighted by molar-refractivity contribution is 0.660. The summed E-state index contributed by atoms with van der Waals surface area (Å²) in [6, 6.07) is 91.8. The standard InChI is InChI=1S/C68H47NO/c1-67(2)59-31-18-17-29-52(59)53-39-36-50(42-60(53)67)69(49-26-13-6-14-27-49)63-32-19-33-64-65(63)58-43-57(51-28-15-16-30-56(51)66(58)70-64)46-35-38-55-54-37-34-45(44-20-7-3-8-21-44)40-61(54)68(62(55)41-46,47-22-9-4-10-23-47)48-24-11-5-12-25-48/h3-43H,1-2H3. The highest BCUT2D eigenvalue weighted by atomic mass is 16.3. The van der Waals surface area contributed by atoms with Crippen LogP contribution in [0.5, 0.6) is 0 Å². The summed E-state index contributed by atoms with van der Waals surface area (Å²) in [7, 11) is 0. The molecule has 2 aliphatic rings. The van der Waals surface area contributed by atoms with Gasteiger partial charge in [-0.05, 0) is 138 Å². The summed E-state index contributed by atoms with van der Waals surface area (Å²) in [5.74, 6) is 0. The molecule has 1 heterocycles. The average Bonchev–Trinajstić information content (AvgIpc) is 4.03. The number of para-hydroxylation sites is 1. The molecule has 0 N–H and O–H groups in total. The van der Waals surface area contributed by atoms with Crippen LogP contribution in [0.3, 0.4) is 0 Å². The van der Waals surface area contributed by atoms with Crippen molar-refractivity contribution in [3.05, 3.63) is 282 Å². The second kappa shape index (κ2) is 15.4. The van der Waals surface area contributed by atoms with Gasteiger partial charge in [-0.3, -0.25) is 0 Å². The molecule has 0 saturated heterocycles. The largest absolute Gasteiger partial charge is 0.455 e. The van der Waals surface area contributed by atoms with Gasteiger partial charge in [-0.1, -0.05) is 208 Å². The average molecular weight is 894 g/mol. The molecule has 1 aromatic heterocycles. The van der Waals surface area contributed by atoms with E-state index in [1.165, 1.54) is 72.3 Å². The maximum atomic E-state index is 7.05. The molecule has 2 nitrogen and oxygen atoms in total. The van der Waals surface area contributed by atoms with Crippen LogP contribution in [0.15, 0.2) is 253 Å². The number of hydrogen-bond acceptors (Lipinski definition) is 2. The van der Waals surface area contributed by atoms with Crippen LogP contribution >= 0.6 is 0 Å². The first kappa shape index (κ1) is 40.4. The van der Waals surface area contributed by atoms with Crippen LogP contribution in [0.2, 0.25) is 0 Å². The molecule has 0 unspecified atom stereocenters. The van der Waals surface area contributed by atoms with Crippen molar-refractivity contribution in [3.8, 4) is 44.5 Å². The van der Waals surface area contributed by atoms with E-state index in [0.717, 1.165) is 55.3 Å². The van der Waals surface area contributed by atoms with Crippen LogP contribution in [-0.2, 0) is 10.8 Å². The van der Waals surface area contributed by atoms with Gasteiger partial charge in [-0.2, -0.15) is 0 Å². The quantitative estimate of drug-likeness (QED) is 0.158. The molecule has 0 radical (unpaired) electrons. The zero-order valence-corrected chi connectivity index (χ0v) is 39.0. The van der Waals surface area contributed by atoms with Crippen molar-refractivity contribution in [3.63, 3.8) is 0 Å². The molecule has 0 aliphatic heterocycles. The van der Waals surface area contributed by atoms with Crippen molar-refractivity contribution in [1.82, 2.24) is 0 Å². The Morgan fingerprint density at radius 2 is 0.900 bits per heavy atom. The highest BCUT2D eigenvalue weighted by Gasteiger charge is 2.46. The minimum Gasteiger partial charge on any atom is -0.455 e. The molecular formula is C68H47NO. The minimum absolute atomic E-state index is 0.146. The minimum atomic E-state index is -0.578. The Morgan fingerprint density at radius 3 is 1.61 bits per heavy atom. The Hall–Kier alpha value is -8.72. The molecule has 0 fully saturated rings. The van der Waals surface area contributed by atoms with Crippen molar-refractivity contribution in [2.45, 2.75) is 24.7 Å². The number of hydrogen-bond donors (Lipinski definition) is 0. The first-order chi connectivity index (χ1) is 34.5. The number of nitrogens with zero attached hydrogens (tertiary/aromatic N) is 1. The Kier molecular flexibility index (Phi) is 8.88. The lowest BCUT2D eigenvalue weighted by Gasteiger charge is -2.34. The lowest BCUT2D eigenvalue weighted by atomic mass is 9.67. The third kappa shape index (κ3) is 5.80. The summed E-state index contributed by atoms with van der Waals surface area (Å²) in [6.45, 7) is 4.71. The van der Waals surface area contributed by atoms with Crippen LogP contribution < -0.4 is 4.90 Å². The predicted molar refractivity (Wildman–Crippen MR) is 292 cm³/mol. The van der Waals surface area contributed by atoms with E-state index >= 15 is 0 Å². The van der Waals surface area contributed by atoms with Gasteiger partial charge in [-0.25, -0.2) is 0 Å². The van der Waals surface area contributed by atoms with Gasteiger partial charge in [0.05, 0.1) is 16.5 Å². The van der Waals surface area contributed by atoms with E-state index in [1.54, 1.807) is 0 Å². The van der Waals surface area contributed by atoms with Crippen LogP contribution in [0.25, 0.3) is 77.2 Å². The molecule has 0 spiro atoms. The summed E-state index contributed by atoms with van der Waals surface area (Å²) in [4.78, 5) is 2.43. The smallest absolute Gasteiger partial charge is 0.143 e. The van der Waals surface area contributed by atoms with Crippen molar-refractivity contribution in [1.29, 1.82) is 0 Å². The van der Waals surface area contributed by atoms with Crippen LogP contribution in [0.1, 0.15) is 47.2 Å². The SMILES string of the molecule is CC1(C)c2ccccc2-c2ccc(N(c3ccccc3)c3cccc4oc5c6ccccc6c(-c6ccc7c(c6)C(c6ccccc6)(c6ccccc6)c6cc(-c8ccccc8)ccc6-7)cc5c34)cc21. The molecule has 0 atom stereocenters. The van der Waals surface area contributed by atoms with Crippen molar-refractivity contribution in [2.24, 2.45) is 0 Å². The van der Waals surface area contributed by atoms with Gasteiger partial charge in [0.15, 0.2) is 0 Å². The molecule has 2 aliphatic carbocycles. The number of fused-ring (bicyclic) bond motifs is 11. The summed E-state index contributed by atoms with van der Waals surface area (Å²) in [5.41, 5.74) is 22.0. The van der Waals surface area contributed by atoms with Crippen LogP contribution in [0.4, 0.5) is 17.1 Å². The Balaban J connectivity index is 1.01. The van der Waals surface area contributed by atoms with Crippen molar-refractivity contribution < 1.29 is 4.42 Å². The first-order valence-corrected chi connectivity index (χ1v) is 24.4. The van der Waals surface area contributed by atoms with Crippen molar-refractivity contribution in [2.75, 3.05) is 4.90 Å². The van der Waals surface area contributed by atoms with Gasteiger partial charge in [0.2, 0.25) is 0 Å². The van der Waals surface area contributed by atoms with Gasteiger partial charge in [0.25, 0.3) is 0 Å². The van der Waals surface area contributed by atoms with E-state index in [4.69, 9.17) is 4.42 Å². The normalized spacial score (nSPS) is 13.8. The molecule has 330 valence electrons. The Labute approximate surface area is 408 Å². The first-order valence-electron chi connectivity index (χ1n) is 24.4. The Morgan fingerprint density at radius 1 is 0.343 bits per heavy atom. The molecule has 0 amide bonds. The molecule has 70 heavy (non-hydrogen) atoms. The molecule has 12 aromatic rings. The third-order valence-electron chi connectivity index (χ3n) is 15.5. The maximum absolute atomic E-state index is 7.05. The number of rotatable bonds is 7. The van der Waals surface area contributed by atoms with E-state index in [1.807, 2.05) is 0 Å². The maximum Gasteiger partial charge on any atom is 0.143 e. The second-order valence-corrected chi connectivity index (χ2v) is 19.5. The fraction of sp³-hybridized carbons (Fsp3) is 0.0588. The molecule has 0 saturated carbocycles. The zero-order valence-electron chi connectivity index (χ0n) is 39.0. The van der Waals surface area contributed by atoms with Crippen LogP contribution in [-0.4, -0.2) is 0 Å². The predicted octanol–water partition coefficient (Wildman–Crippen LogP) is 18.2. The summed E-state index contributed by atoms with van der Waals surface area (Å²) < 4.78 is 7.05. The summed E-state index contributed by atoms with van der Waals surface area (Å²) >= 11 is 0. The van der Waals surface area contributed by atoms with E-state index < -0.39 is 5.41 Å². The molecular weight excluding hydrogens is 847 g/mol. The fourth-order valence-corrected chi connectivity index (χ4v) is 12.4. The van der Waals surface area contributed by atoms with Gasteiger partial charge in [-0.15, -0.1) is 0 Å². The number of anilines is 3. The Bertz CT molecular complexity index is 3980. The second-order valence-electron chi connectivity index (χ2n) is 19.5. The monoisotopic (exact) mass is 893 g/mol. The number of furan rings is 1. The molecule has 11 aromatic carbocycles. The van der Waals surface area contributed by atoms with Crippen LogP contribution in [0, 0.1) is 0 Å². The summed E-state index contributed by atoms with van der Waals surface area (Å²) in [5, 5.41) is 4.42. The molecule has 14 rings (SSSR count). The topological polar surface area (TPSA) is 16.4 Å². The fourth-order valence-electron chi connectivity index (χ4n) is 12.4. The summed E-state index contributed by atoms with van der Waals surface area (Å²) in [6.07, 6.45) is 0. The highest BCUT2D eigenvalue weighted by molar-refractivity contribution is 6.22. The van der Waals surface area contributed by atoms with E-state index in [9.17, 15) is 0 Å². The molecule has 2 heteroatoms. The highest BCUT2D eigenvalue weighted by Crippen LogP contribution is 2.58. The van der Waals surface area contributed by atoms with Gasteiger partial charge in [0, 0.05) is 27.6 Å². The van der Waals surface area contributed by atoms with Crippen molar-refractivity contribution >= 4 is 49.8 Å². The third-order valence-corrected chi connectivity index (χ3v) is 15.5. The lowest BCUT2D eigenvalue weighted by Crippen LogP contribution is -2.28. The number of benzene rings is 11. The van der Waals surface area contributed by atoms with Gasteiger partial charge >= 0.3 is 0 Å².